The molecule has 0 saturated heterocycles. The highest BCUT2D eigenvalue weighted by molar-refractivity contribution is 6.33. The molecule has 20 heavy (non-hydrogen) atoms. The van der Waals surface area contributed by atoms with Gasteiger partial charge in [-0.15, -0.1) is 0 Å². The Morgan fingerprint density at radius 1 is 1.50 bits per heavy atom. The lowest BCUT2D eigenvalue weighted by molar-refractivity contribution is 0.0672. The van der Waals surface area contributed by atoms with Crippen molar-refractivity contribution in [2.75, 3.05) is 19.4 Å². The van der Waals surface area contributed by atoms with E-state index in [0.717, 1.165) is 12.8 Å². The van der Waals surface area contributed by atoms with E-state index in [2.05, 4.69) is 17.2 Å². The Morgan fingerprint density at radius 3 is 2.90 bits per heavy atom. The predicted molar refractivity (Wildman–Crippen MR) is 82.3 cm³/mol. The standard InChI is InChI=1S/C15H22ClN3O/c1-10-5-4-6-11(7-10)19(3)15(20)12-8-14(17-2)18-9-13(12)16/h8-11H,4-7H2,1-3H3,(H,17,18). The number of aromatic nitrogens is 1. The van der Waals surface area contributed by atoms with Crippen LogP contribution in [0.3, 0.4) is 0 Å². The van der Waals surface area contributed by atoms with Crippen molar-refractivity contribution in [2.24, 2.45) is 5.92 Å². The zero-order chi connectivity index (χ0) is 14.7. The summed E-state index contributed by atoms with van der Waals surface area (Å²) < 4.78 is 0. The summed E-state index contributed by atoms with van der Waals surface area (Å²) in [6.07, 6.45) is 6.13. The summed E-state index contributed by atoms with van der Waals surface area (Å²) in [5.74, 6) is 1.32. The van der Waals surface area contributed by atoms with Crippen LogP contribution in [0.4, 0.5) is 5.82 Å². The first-order chi connectivity index (χ1) is 9.52. The molecule has 0 spiro atoms. The Labute approximate surface area is 125 Å². The van der Waals surface area contributed by atoms with Gasteiger partial charge in [0.15, 0.2) is 0 Å². The summed E-state index contributed by atoms with van der Waals surface area (Å²) in [6, 6.07) is 2.03. The minimum absolute atomic E-state index is 0.0204. The molecule has 1 fully saturated rings. The van der Waals surface area contributed by atoms with Crippen LogP contribution >= 0.6 is 11.6 Å². The number of anilines is 1. The molecule has 1 aromatic rings. The van der Waals surface area contributed by atoms with E-state index >= 15 is 0 Å². The van der Waals surface area contributed by atoms with Gasteiger partial charge < -0.3 is 10.2 Å². The Morgan fingerprint density at radius 2 is 2.25 bits per heavy atom. The molecule has 1 heterocycles. The van der Waals surface area contributed by atoms with E-state index in [-0.39, 0.29) is 5.91 Å². The highest BCUT2D eigenvalue weighted by atomic mass is 35.5. The largest absolute Gasteiger partial charge is 0.373 e. The third kappa shape index (κ3) is 3.23. The van der Waals surface area contributed by atoms with Crippen LogP contribution in [0.15, 0.2) is 12.3 Å². The summed E-state index contributed by atoms with van der Waals surface area (Å²) in [5.41, 5.74) is 0.520. The van der Waals surface area contributed by atoms with Gasteiger partial charge in [0.2, 0.25) is 0 Å². The second-order valence-electron chi connectivity index (χ2n) is 5.64. The van der Waals surface area contributed by atoms with E-state index < -0.39 is 0 Å². The third-order valence-corrected chi connectivity index (χ3v) is 4.42. The van der Waals surface area contributed by atoms with Gasteiger partial charge in [-0.2, -0.15) is 0 Å². The number of rotatable bonds is 3. The molecule has 2 rings (SSSR count). The lowest BCUT2D eigenvalue weighted by Crippen LogP contribution is -2.40. The van der Waals surface area contributed by atoms with Crippen LogP contribution < -0.4 is 5.32 Å². The van der Waals surface area contributed by atoms with Gasteiger partial charge >= 0.3 is 0 Å². The Balaban J connectivity index is 2.17. The molecule has 1 amide bonds. The molecular formula is C15H22ClN3O. The zero-order valence-electron chi connectivity index (χ0n) is 12.3. The molecule has 1 aliphatic rings. The molecule has 2 atom stereocenters. The average molecular weight is 296 g/mol. The Kier molecular flexibility index (Phi) is 4.86. The van der Waals surface area contributed by atoms with E-state index in [4.69, 9.17) is 11.6 Å². The quantitative estimate of drug-likeness (QED) is 0.929. The number of hydrogen-bond acceptors (Lipinski definition) is 3. The Hall–Kier alpha value is -1.29. The molecule has 2 unspecified atom stereocenters. The monoisotopic (exact) mass is 295 g/mol. The number of halogens is 1. The average Bonchev–Trinajstić information content (AvgIpc) is 2.46. The molecule has 4 nitrogen and oxygen atoms in total. The first-order valence-electron chi connectivity index (χ1n) is 7.13. The van der Waals surface area contributed by atoms with Crippen molar-refractivity contribution in [3.8, 4) is 0 Å². The van der Waals surface area contributed by atoms with Gasteiger partial charge in [-0.05, 0) is 24.8 Å². The van der Waals surface area contributed by atoms with Gasteiger partial charge in [0.1, 0.15) is 5.82 Å². The predicted octanol–water partition coefficient (Wildman–Crippen LogP) is 3.43. The second-order valence-corrected chi connectivity index (χ2v) is 6.05. The molecule has 0 aromatic carbocycles. The van der Waals surface area contributed by atoms with Crippen LogP contribution in [0.2, 0.25) is 5.02 Å². The van der Waals surface area contributed by atoms with Gasteiger partial charge in [-0.3, -0.25) is 4.79 Å². The van der Waals surface area contributed by atoms with Gasteiger partial charge in [-0.1, -0.05) is 31.4 Å². The van der Waals surface area contributed by atoms with Crippen LogP contribution in [-0.2, 0) is 0 Å². The number of nitrogens with zero attached hydrogens (tertiary/aromatic N) is 2. The normalized spacial score (nSPS) is 22.4. The van der Waals surface area contributed by atoms with Crippen molar-refractivity contribution >= 4 is 23.3 Å². The van der Waals surface area contributed by atoms with Gasteiger partial charge in [0.05, 0.1) is 10.6 Å². The van der Waals surface area contributed by atoms with Crippen molar-refractivity contribution in [1.82, 2.24) is 9.88 Å². The highest BCUT2D eigenvalue weighted by Gasteiger charge is 2.27. The summed E-state index contributed by atoms with van der Waals surface area (Å²) in [4.78, 5) is 18.6. The number of nitrogens with one attached hydrogen (secondary N) is 1. The van der Waals surface area contributed by atoms with E-state index in [9.17, 15) is 4.79 Å². The van der Waals surface area contributed by atoms with E-state index in [1.807, 2.05) is 11.9 Å². The van der Waals surface area contributed by atoms with Crippen molar-refractivity contribution in [2.45, 2.75) is 38.6 Å². The number of amides is 1. The smallest absolute Gasteiger partial charge is 0.255 e. The lowest BCUT2D eigenvalue weighted by atomic mass is 9.86. The SMILES string of the molecule is CNc1cc(C(=O)N(C)C2CCCC(C)C2)c(Cl)cn1. The highest BCUT2D eigenvalue weighted by Crippen LogP contribution is 2.28. The molecule has 0 radical (unpaired) electrons. The fourth-order valence-corrected chi connectivity index (χ4v) is 3.03. The maximum atomic E-state index is 12.6. The van der Waals surface area contributed by atoms with Crippen LogP contribution in [0.1, 0.15) is 43.0 Å². The molecule has 1 aromatic heterocycles. The summed E-state index contributed by atoms with van der Waals surface area (Å²) in [7, 11) is 3.65. The van der Waals surface area contributed by atoms with Crippen LogP contribution in [0.5, 0.6) is 0 Å². The first kappa shape index (κ1) is 15.1. The molecule has 1 N–H and O–H groups in total. The molecule has 0 bridgehead atoms. The first-order valence-corrected chi connectivity index (χ1v) is 7.51. The second kappa shape index (κ2) is 6.44. The number of carbonyl (C=O) groups excluding carboxylic acids is 1. The molecule has 0 aliphatic heterocycles. The van der Waals surface area contributed by atoms with Crippen LogP contribution in [-0.4, -0.2) is 35.9 Å². The number of pyridine rings is 1. The maximum absolute atomic E-state index is 12.6. The lowest BCUT2D eigenvalue weighted by Gasteiger charge is -2.34. The van der Waals surface area contributed by atoms with Gasteiger partial charge in [0.25, 0.3) is 5.91 Å². The van der Waals surface area contributed by atoms with E-state index in [0.29, 0.717) is 28.4 Å². The van der Waals surface area contributed by atoms with Gasteiger partial charge in [-0.25, -0.2) is 4.98 Å². The number of hydrogen-bond donors (Lipinski definition) is 1. The van der Waals surface area contributed by atoms with Gasteiger partial charge in [0, 0.05) is 26.3 Å². The van der Waals surface area contributed by atoms with Crippen LogP contribution in [0, 0.1) is 5.92 Å². The summed E-state index contributed by atoms with van der Waals surface area (Å²) in [6.45, 7) is 2.25. The topological polar surface area (TPSA) is 45.2 Å². The van der Waals surface area contributed by atoms with Crippen molar-refractivity contribution in [3.63, 3.8) is 0 Å². The van der Waals surface area contributed by atoms with Crippen molar-refractivity contribution < 1.29 is 4.79 Å². The summed E-state index contributed by atoms with van der Waals surface area (Å²) in [5, 5.41) is 3.34. The maximum Gasteiger partial charge on any atom is 0.255 e. The molecule has 5 heteroatoms. The fraction of sp³-hybridized carbons (Fsp3) is 0.600. The Bertz CT molecular complexity index is 492. The van der Waals surface area contributed by atoms with Crippen molar-refractivity contribution in [3.05, 3.63) is 22.8 Å². The fourth-order valence-electron chi connectivity index (χ4n) is 2.85. The van der Waals surface area contributed by atoms with Crippen LogP contribution in [0.25, 0.3) is 0 Å². The molecular weight excluding hydrogens is 274 g/mol. The molecule has 1 saturated carbocycles. The molecule has 1 aliphatic carbocycles. The molecule has 110 valence electrons. The zero-order valence-corrected chi connectivity index (χ0v) is 13.1. The minimum atomic E-state index is -0.0204. The van der Waals surface area contributed by atoms with Crippen molar-refractivity contribution in [1.29, 1.82) is 0 Å². The van der Waals surface area contributed by atoms with E-state index in [1.165, 1.54) is 19.0 Å². The minimum Gasteiger partial charge on any atom is -0.373 e. The van der Waals surface area contributed by atoms with E-state index in [1.54, 1.807) is 13.1 Å². The number of carbonyl (C=O) groups is 1. The third-order valence-electron chi connectivity index (χ3n) is 4.12. The summed E-state index contributed by atoms with van der Waals surface area (Å²) >= 11 is 6.12.